The van der Waals surface area contributed by atoms with Crippen LogP contribution in [0.15, 0.2) is 36.5 Å². The first kappa shape index (κ1) is 22.3. The van der Waals surface area contributed by atoms with Crippen LogP contribution in [0.1, 0.15) is 83.2 Å². The Balaban J connectivity index is 1.22. The minimum absolute atomic E-state index is 0.0397. The maximum atomic E-state index is 13.1. The molecule has 6 rings (SSSR count). The van der Waals surface area contributed by atoms with E-state index in [-0.39, 0.29) is 11.3 Å². The SMILES string of the molecule is CCc1cc2c(cc1O)CCC1C2CC[C@]2(C)c3[nH]nc(C(=O)NCCc4ccccn4)c3CC12. The van der Waals surface area contributed by atoms with Crippen molar-refractivity contribution in [3.63, 3.8) is 0 Å². The number of nitrogens with one attached hydrogen (secondary N) is 2. The molecule has 182 valence electrons. The number of carbonyl (C=O) groups excluding carboxylic acids is 1. The van der Waals surface area contributed by atoms with Crippen molar-refractivity contribution in [1.29, 1.82) is 0 Å². The Morgan fingerprint density at radius 1 is 1.29 bits per heavy atom. The molecule has 3 aliphatic rings. The summed E-state index contributed by atoms with van der Waals surface area (Å²) in [5, 5.41) is 21.3. The number of pyridine rings is 1. The number of aromatic hydroxyl groups is 1. The smallest absolute Gasteiger partial charge is 0.272 e. The van der Waals surface area contributed by atoms with Gasteiger partial charge < -0.3 is 10.4 Å². The fourth-order valence-corrected chi connectivity index (χ4v) is 7.32. The van der Waals surface area contributed by atoms with E-state index >= 15 is 0 Å². The number of carbonyl (C=O) groups is 1. The Bertz CT molecular complexity index is 1270. The van der Waals surface area contributed by atoms with Gasteiger partial charge in [-0.25, -0.2) is 0 Å². The number of rotatable bonds is 5. The molecular weight excluding hydrogens is 436 g/mol. The number of amides is 1. The van der Waals surface area contributed by atoms with Crippen LogP contribution in [-0.4, -0.2) is 32.7 Å². The fraction of sp³-hybridized carbons (Fsp3) is 0.483. The van der Waals surface area contributed by atoms with Crippen LogP contribution in [0.25, 0.3) is 0 Å². The predicted molar refractivity (Wildman–Crippen MR) is 135 cm³/mol. The van der Waals surface area contributed by atoms with E-state index in [4.69, 9.17) is 0 Å². The van der Waals surface area contributed by atoms with Gasteiger partial charge in [0.25, 0.3) is 5.91 Å². The third-order valence-corrected chi connectivity index (χ3v) is 9.16. The molecule has 6 nitrogen and oxygen atoms in total. The first-order valence-electron chi connectivity index (χ1n) is 13.1. The van der Waals surface area contributed by atoms with Crippen molar-refractivity contribution in [2.45, 2.75) is 70.1 Å². The summed E-state index contributed by atoms with van der Waals surface area (Å²) in [6, 6.07) is 10.1. The molecule has 0 radical (unpaired) electrons. The lowest BCUT2D eigenvalue weighted by atomic mass is 9.55. The molecule has 3 N–H and O–H groups in total. The van der Waals surface area contributed by atoms with E-state index in [0.717, 1.165) is 55.3 Å². The first-order chi connectivity index (χ1) is 17.0. The average Bonchev–Trinajstić information content (AvgIpc) is 3.42. The summed E-state index contributed by atoms with van der Waals surface area (Å²) in [4.78, 5) is 17.4. The van der Waals surface area contributed by atoms with Gasteiger partial charge in [0, 0.05) is 41.5 Å². The molecule has 0 spiro atoms. The summed E-state index contributed by atoms with van der Waals surface area (Å²) in [6.07, 6.45) is 8.66. The van der Waals surface area contributed by atoms with Crippen LogP contribution in [0.2, 0.25) is 0 Å². The molecular formula is C29H34N4O2. The molecule has 6 heteroatoms. The summed E-state index contributed by atoms with van der Waals surface area (Å²) >= 11 is 0. The normalized spacial score (nSPS) is 26.4. The molecule has 2 aromatic heterocycles. The van der Waals surface area contributed by atoms with Crippen LogP contribution in [0.5, 0.6) is 5.75 Å². The zero-order chi connectivity index (χ0) is 24.2. The number of aryl methyl sites for hydroxylation is 2. The quantitative estimate of drug-likeness (QED) is 0.508. The zero-order valence-electron chi connectivity index (χ0n) is 20.6. The number of phenols is 1. The molecule has 4 atom stereocenters. The lowest BCUT2D eigenvalue weighted by Crippen LogP contribution is -2.43. The number of aromatic nitrogens is 3. The number of fused-ring (bicyclic) bond motifs is 7. The second-order valence-corrected chi connectivity index (χ2v) is 10.9. The summed E-state index contributed by atoms with van der Waals surface area (Å²) < 4.78 is 0. The van der Waals surface area contributed by atoms with Gasteiger partial charge >= 0.3 is 0 Å². The van der Waals surface area contributed by atoms with Gasteiger partial charge in [-0.1, -0.05) is 26.0 Å². The van der Waals surface area contributed by atoms with Gasteiger partial charge in [0.05, 0.1) is 0 Å². The average molecular weight is 471 g/mol. The van der Waals surface area contributed by atoms with Crippen LogP contribution in [0.3, 0.4) is 0 Å². The summed E-state index contributed by atoms with van der Waals surface area (Å²) in [6.45, 7) is 5.04. The topological polar surface area (TPSA) is 90.9 Å². The van der Waals surface area contributed by atoms with Gasteiger partial charge in [0.1, 0.15) is 5.75 Å². The molecule has 1 aromatic carbocycles. The predicted octanol–water partition coefficient (Wildman–Crippen LogP) is 4.62. The Kier molecular flexibility index (Phi) is 5.42. The Labute approximate surface area is 206 Å². The second-order valence-electron chi connectivity index (χ2n) is 10.9. The van der Waals surface area contributed by atoms with Crippen molar-refractivity contribution in [2.24, 2.45) is 11.8 Å². The lowest BCUT2D eigenvalue weighted by Gasteiger charge is -2.49. The van der Waals surface area contributed by atoms with E-state index in [1.165, 1.54) is 16.8 Å². The third kappa shape index (κ3) is 3.57. The molecule has 3 aliphatic carbocycles. The molecule has 0 saturated heterocycles. The van der Waals surface area contributed by atoms with E-state index in [2.05, 4.69) is 40.4 Å². The molecule has 1 fully saturated rings. The minimum atomic E-state index is -0.0886. The monoisotopic (exact) mass is 470 g/mol. The van der Waals surface area contributed by atoms with Crippen molar-refractivity contribution in [3.8, 4) is 5.75 Å². The number of phenolic OH excluding ortho intramolecular Hbond substituents is 1. The van der Waals surface area contributed by atoms with E-state index in [1.807, 2.05) is 24.3 Å². The van der Waals surface area contributed by atoms with Gasteiger partial charge in [-0.05, 0) is 91.2 Å². The minimum Gasteiger partial charge on any atom is -0.508 e. The highest BCUT2D eigenvalue weighted by Crippen LogP contribution is 2.60. The molecule has 2 heterocycles. The van der Waals surface area contributed by atoms with Gasteiger partial charge in [0.15, 0.2) is 5.69 Å². The molecule has 35 heavy (non-hydrogen) atoms. The number of nitrogens with zero attached hydrogens (tertiary/aromatic N) is 2. The van der Waals surface area contributed by atoms with E-state index < -0.39 is 0 Å². The van der Waals surface area contributed by atoms with Crippen LogP contribution in [-0.2, 0) is 31.1 Å². The van der Waals surface area contributed by atoms with Crippen molar-refractivity contribution in [3.05, 3.63) is 75.9 Å². The number of aromatic amines is 1. The largest absolute Gasteiger partial charge is 0.508 e. The highest BCUT2D eigenvalue weighted by molar-refractivity contribution is 5.94. The highest BCUT2D eigenvalue weighted by atomic mass is 16.3. The summed E-state index contributed by atoms with van der Waals surface area (Å²) in [5.74, 6) is 2.00. The number of benzene rings is 1. The van der Waals surface area contributed by atoms with Gasteiger partial charge in [-0.2, -0.15) is 5.10 Å². The van der Waals surface area contributed by atoms with E-state index in [9.17, 15) is 9.90 Å². The maximum absolute atomic E-state index is 13.1. The molecule has 3 unspecified atom stereocenters. The number of H-pyrrole nitrogens is 1. The van der Waals surface area contributed by atoms with Crippen molar-refractivity contribution < 1.29 is 9.90 Å². The standard InChI is InChI=1S/C29H34N4O2/c1-3-17-14-22-18(15-25(17)34)7-8-21-20(22)9-11-29(2)24(21)16-23-26(32-33-27(23)29)28(35)31-13-10-19-6-4-5-12-30-19/h4-6,12,14-15,20-21,24,34H,3,7-11,13,16H2,1-2H3,(H,31,35)(H,32,33)/t20?,21?,24?,29-/m0/s1. The maximum Gasteiger partial charge on any atom is 0.272 e. The second kappa shape index (κ2) is 8.51. The van der Waals surface area contributed by atoms with Crippen LogP contribution >= 0.6 is 0 Å². The van der Waals surface area contributed by atoms with E-state index in [1.54, 1.807) is 6.20 Å². The molecule has 0 bridgehead atoms. The molecule has 3 aromatic rings. The first-order valence-corrected chi connectivity index (χ1v) is 13.1. The van der Waals surface area contributed by atoms with Gasteiger partial charge in [-0.3, -0.25) is 14.9 Å². The van der Waals surface area contributed by atoms with Gasteiger partial charge in [-0.15, -0.1) is 0 Å². The van der Waals surface area contributed by atoms with Crippen molar-refractivity contribution in [2.75, 3.05) is 6.54 Å². The number of hydrogen-bond donors (Lipinski definition) is 3. The van der Waals surface area contributed by atoms with Gasteiger partial charge in [0.2, 0.25) is 0 Å². The number of hydrogen-bond acceptors (Lipinski definition) is 4. The van der Waals surface area contributed by atoms with Crippen molar-refractivity contribution in [1.82, 2.24) is 20.5 Å². The zero-order valence-corrected chi connectivity index (χ0v) is 20.6. The van der Waals surface area contributed by atoms with Crippen LogP contribution in [0.4, 0.5) is 0 Å². The lowest BCUT2D eigenvalue weighted by molar-refractivity contribution is 0.0940. The Morgan fingerprint density at radius 2 is 2.17 bits per heavy atom. The molecule has 1 amide bonds. The van der Waals surface area contributed by atoms with Crippen LogP contribution < -0.4 is 5.32 Å². The molecule has 0 aliphatic heterocycles. The summed E-state index contributed by atoms with van der Waals surface area (Å²) in [5.41, 5.74) is 7.74. The van der Waals surface area contributed by atoms with Crippen molar-refractivity contribution >= 4 is 5.91 Å². The van der Waals surface area contributed by atoms with E-state index in [0.29, 0.717) is 42.2 Å². The summed E-state index contributed by atoms with van der Waals surface area (Å²) in [7, 11) is 0. The highest BCUT2D eigenvalue weighted by Gasteiger charge is 2.54. The molecule has 1 saturated carbocycles. The Morgan fingerprint density at radius 3 is 2.97 bits per heavy atom. The fourth-order valence-electron chi connectivity index (χ4n) is 7.32. The third-order valence-electron chi connectivity index (χ3n) is 9.16. The van der Waals surface area contributed by atoms with Crippen LogP contribution in [0, 0.1) is 11.8 Å². The Hall–Kier alpha value is -3.15.